The molecule has 0 radical (unpaired) electrons. The van der Waals surface area contributed by atoms with Gasteiger partial charge in [0.2, 0.25) is 5.75 Å². The number of rotatable bonds is 12. The van der Waals surface area contributed by atoms with E-state index in [1.807, 2.05) is 0 Å². The van der Waals surface area contributed by atoms with E-state index in [1.165, 1.54) is 32.6 Å². The quantitative estimate of drug-likeness (QED) is 0.316. The van der Waals surface area contributed by atoms with E-state index in [4.69, 9.17) is 18.9 Å². The van der Waals surface area contributed by atoms with Gasteiger partial charge in [-0.3, -0.25) is 4.79 Å². The van der Waals surface area contributed by atoms with Gasteiger partial charge in [-0.05, 0) is 42.8 Å². The van der Waals surface area contributed by atoms with E-state index >= 15 is 0 Å². The third kappa shape index (κ3) is 6.69. The Kier molecular flexibility index (Phi) is 9.51. The molecule has 0 fully saturated rings. The summed E-state index contributed by atoms with van der Waals surface area (Å²) in [5, 5.41) is 4.02. The first-order valence-electron chi connectivity index (χ1n) is 9.99. The molecule has 0 unspecified atom stereocenters. The van der Waals surface area contributed by atoms with Gasteiger partial charge >= 0.3 is 0 Å². The molecule has 0 aliphatic carbocycles. The highest BCUT2D eigenvalue weighted by molar-refractivity contribution is 5.95. The first-order chi connectivity index (χ1) is 14.6. The first-order valence-corrected chi connectivity index (χ1v) is 9.99. The molecule has 162 valence electrons. The largest absolute Gasteiger partial charge is 0.494 e. The minimum absolute atomic E-state index is 0.312. The highest BCUT2D eigenvalue weighted by Gasteiger charge is 2.12. The van der Waals surface area contributed by atoms with Gasteiger partial charge in [0.05, 0.1) is 34.2 Å². The molecule has 0 bridgehead atoms. The lowest BCUT2D eigenvalue weighted by molar-refractivity contribution is 0.0955. The number of nitrogens with zero attached hydrogens (tertiary/aromatic N) is 1. The summed E-state index contributed by atoms with van der Waals surface area (Å²) in [5.74, 6) is 1.95. The fourth-order valence-electron chi connectivity index (χ4n) is 2.83. The molecule has 0 aromatic heterocycles. The summed E-state index contributed by atoms with van der Waals surface area (Å²) >= 11 is 0. The third-order valence-corrected chi connectivity index (χ3v) is 4.45. The van der Waals surface area contributed by atoms with Crippen molar-refractivity contribution in [2.45, 2.75) is 32.6 Å². The molecule has 2 rings (SSSR count). The molecule has 2 aromatic rings. The number of amides is 1. The Hall–Kier alpha value is -3.22. The Bertz CT molecular complexity index is 809. The molecule has 0 aliphatic heterocycles. The van der Waals surface area contributed by atoms with Crippen LogP contribution in [0.4, 0.5) is 0 Å². The number of ether oxygens (including phenoxy) is 4. The van der Waals surface area contributed by atoms with Crippen LogP contribution < -0.4 is 24.4 Å². The van der Waals surface area contributed by atoms with Crippen molar-refractivity contribution in [1.82, 2.24) is 5.43 Å². The molecule has 0 aliphatic rings. The maximum absolute atomic E-state index is 12.3. The van der Waals surface area contributed by atoms with E-state index < -0.39 is 0 Å². The van der Waals surface area contributed by atoms with E-state index in [9.17, 15) is 4.79 Å². The molecule has 2 aromatic carbocycles. The molecule has 0 saturated heterocycles. The topological polar surface area (TPSA) is 78.4 Å². The predicted molar refractivity (Wildman–Crippen MR) is 117 cm³/mol. The average Bonchev–Trinajstić information content (AvgIpc) is 2.78. The van der Waals surface area contributed by atoms with Gasteiger partial charge < -0.3 is 18.9 Å². The molecule has 1 amide bonds. The zero-order valence-corrected chi connectivity index (χ0v) is 18.1. The van der Waals surface area contributed by atoms with Crippen molar-refractivity contribution in [2.75, 3.05) is 27.9 Å². The highest BCUT2D eigenvalue weighted by atomic mass is 16.5. The fraction of sp³-hybridized carbons (Fsp3) is 0.391. The highest BCUT2D eigenvalue weighted by Crippen LogP contribution is 2.37. The molecular weight excluding hydrogens is 384 g/mol. The molecule has 0 saturated carbocycles. The fourth-order valence-corrected chi connectivity index (χ4v) is 2.83. The van der Waals surface area contributed by atoms with E-state index in [0.29, 0.717) is 35.0 Å². The molecule has 7 nitrogen and oxygen atoms in total. The minimum Gasteiger partial charge on any atom is -0.494 e. The van der Waals surface area contributed by atoms with Crippen molar-refractivity contribution in [3.05, 3.63) is 47.5 Å². The Morgan fingerprint density at radius 3 is 2.20 bits per heavy atom. The van der Waals surface area contributed by atoms with Crippen LogP contribution in [0.1, 0.15) is 48.5 Å². The second-order valence-corrected chi connectivity index (χ2v) is 6.59. The molecule has 30 heavy (non-hydrogen) atoms. The van der Waals surface area contributed by atoms with Crippen LogP contribution in [0.15, 0.2) is 41.5 Å². The van der Waals surface area contributed by atoms with Crippen molar-refractivity contribution >= 4 is 12.1 Å². The Morgan fingerprint density at radius 1 is 0.967 bits per heavy atom. The summed E-state index contributed by atoms with van der Waals surface area (Å²) in [6.45, 7) is 2.87. The lowest BCUT2D eigenvalue weighted by Crippen LogP contribution is -2.17. The van der Waals surface area contributed by atoms with Gasteiger partial charge in [0.1, 0.15) is 5.75 Å². The zero-order valence-electron chi connectivity index (χ0n) is 18.1. The smallest absolute Gasteiger partial charge is 0.271 e. The lowest BCUT2D eigenvalue weighted by Gasteiger charge is -2.12. The summed E-state index contributed by atoms with van der Waals surface area (Å²) in [5.41, 5.74) is 3.70. The van der Waals surface area contributed by atoms with Crippen LogP contribution in [-0.4, -0.2) is 40.1 Å². The SMILES string of the molecule is CCCCCCOc1ccc(C(=O)N/N=C/c2cc(OC)c(OC)c(OC)c2)cc1. The molecule has 0 spiro atoms. The minimum atomic E-state index is -0.312. The van der Waals surface area contributed by atoms with Crippen LogP contribution in [0.3, 0.4) is 0 Å². The summed E-state index contributed by atoms with van der Waals surface area (Å²) in [6.07, 6.45) is 6.13. The number of nitrogens with one attached hydrogen (secondary N) is 1. The predicted octanol–water partition coefficient (Wildman–Crippen LogP) is 4.44. The van der Waals surface area contributed by atoms with Crippen LogP contribution in [0.5, 0.6) is 23.0 Å². The van der Waals surface area contributed by atoms with Crippen molar-refractivity contribution < 1.29 is 23.7 Å². The summed E-state index contributed by atoms with van der Waals surface area (Å²) in [6, 6.07) is 10.5. The molecule has 1 N–H and O–H groups in total. The molecular formula is C23H30N2O5. The number of methoxy groups -OCH3 is 3. The third-order valence-electron chi connectivity index (χ3n) is 4.45. The van der Waals surface area contributed by atoms with Crippen molar-refractivity contribution in [3.63, 3.8) is 0 Å². The van der Waals surface area contributed by atoms with Gasteiger partial charge in [-0.2, -0.15) is 5.10 Å². The number of hydrogen-bond donors (Lipinski definition) is 1. The number of benzene rings is 2. The van der Waals surface area contributed by atoms with Gasteiger partial charge in [0.25, 0.3) is 5.91 Å². The van der Waals surface area contributed by atoms with Gasteiger partial charge in [0.15, 0.2) is 11.5 Å². The van der Waals surface area contributed by atoms with Crippen molar-refractivity contribution in [2.24, 2.45) is 5.10 Å². The lowest BCUT2D eigenvalue weighted by atomic mass is 10.2. The van der Waals surface area contributed by atoms with E-state index in [1.54, 1.807) is 50.6 Å². The molecule has 7 heteroatoms. The van der Waals surface area contributed by atoms with Crippen LogP contribution >= 0.6 is 0 Å². The van der Waals surface area contributed by atoms with Crippen LogP contribution in [0.25, 0.3) is 0 Å². The van der Waals surface area contributed by atoms with Crippen LogP contribution in [0, 0.1) is 0 Å². The Balaban J connectivity index is 1.93. The van der Waals surface area contributed by atoms with Crippen LogP contribution in [0.2, 0.25) is 0 Å². The first kappa shape index (κ1) is 23.1. The average molecular weight is 415 g/mol. The molecule has 0 heterocycles. The number of hydrogen-bond acceptors (Lipinski definition) is 6. The normalized spacial score (nSPS) is 10.7. The maximum atomic E-state index is 12.3. The second-order valence-electron chi connectivity index (χ2n) is 6.59. The van der Waals surface area contributed by atoms with Gasteiger partial charge in [-0.25, -0.2) is 5.43 Å². The van der Waals surface area contributed by atoms with Crippen molar-refractivity contribution in [1.29, 1.82) is 0 Å². The number of unbranched alkanes of at least 4 members (excludes halogenated alkanes) is 3. The standard InChI is InChI=1S/C23H30N2O5/c1-5-6-7-8-13-30-19-11-9-18(10-12-19)23(26)25-24-16-17-14-20(27-2)22(29-4)21(15-17)28-3/h9-12,14-16H,5-8,13H2,1-4H3,(H,25,26)/b24-16+. The van der Waals surface area contributed by atoms with Gasteiger partial charge in [0, 0.05) is 11.1 Å². The number of carbonyl (C=O) groups excluding carboxylic acids is 1. The van der Waals surface area contributed by atoms with Crippen molar-refractivity contribution in [3.8, 4) is 23.0 Å². The summed E-state index contributed by atoms with van der Waals surface area (Å²) in [7, 11) is 4.62. The number of carbonyl (C=O) groups is 1. The van der Waals surface area contributed by atoms with E-state index in [2.05, 4.69) is 17.5 Å². The van der Waals surface area contributed by atoms with Crippen LogP contribution in [-0.2, 0) is 0 Å². The van der Waals surface area contributed by atoms with Gasteiger partial charge in [-0.1, -0.05) is 26.2 Å². The zero-order chi connectivity index (χ0) is 21.8. The van der Waals surface area contributed by atoms with E-state index in [0.717, 1.165) is 12.2 Å². The second kappa shape index (κ2) is 12.4. The number of hydrazone groups is 1. The summed E-state index contributed by atoms with van der Waals surface area (Å²) in [4.78, 5) is 12.3. The Morgan fingerprint density at radius 2 is 1.63 bits per heavy atom. The van der Waals surface area contributed by atoms with Gasteiger partial charge in [-0.15, -0.1) is 0 Å². The Labute approximate surface area is 178 Å². The van der Waals surface area contributed by atoms with E-state index in [-0.39, 0.29) is 5.91 Å². The monoisotopic (exact) mass is 414 g/mol. The molecule has 0 atom stereocenters. The summed E-state index contributed by atoms with van der Waals surface area (Å²) < 4.78 is 21.6. The maximum Gasteiger partial charge on any atom is 0.271 e.